The van der Waals surface area contributed by atoms with Crippen LogP contribution < -0.4 is 5.32 Å². The lowest BCUT2D eigenvalue weighted by molar-refractivity contribution is -0.128. The molecule has 1 unspecified atom stereocenters. The molecule has 0 aromatic heterocycles. The van der Waals surface area contributed by atoms with Crippen LogP contribution in [0.1, 0.15) is 67.5 Å². The van der Waals surface area contributed by atoms with Crippen LogP contribution in [-0.2, 0) is 20.9 Å². The van der Waals surface area contributed by atoms with E-state index in [0.717, 1.165) is 12.0 Å². The number of ketones is 2. The van der Waals surface area contributed by atoms with E-state index in [4.69, 9.17) is 4.74 Å². The molecule has 1 saturated heterocycles. The van der Waals surface area contributed by atoms with Crippen molar-refractivity contribution in [3.8, 4) is 0 Å². The highest BCUT2D eigenvalue weighted by Crippen LogP contribution is 2.32. The lowest BCUT2D eigenvalue weighted by Gasteiger charge is -2.21. The summed E-state index contributed by atoms with van der Waals surface area (Å²) < 4.78 is 5.38. The zero-order valence-corrected chi connectivity index (χ0v) is 20.2. The van der Waals surface area contributed by atoms with Crippen LogP contribution in [0.2, 0.25) is 0 Å². The number of ether oxygens (including phenoxy) is 1. The van der Waals surface area contributed by atoms with Gasteiger partial charge in [-0.2, -0.15) is 0 Å². The fourth-order valence-electron chi connectivity index (χ4n) is 4.65. The molecule has 2 amide bonds. The van der Waals surface area contributed by atoms with Crippen molar-refractivity contribution in [3.63, 3.8) is 0 Å². The summed E-state index contributed by atoms with van der Waals surface area (Å²) in [5.41, 5.74) is 2.15. The Balaban J connectivity index is 1.29. The Kier molecular flexibility index (Phi) is 6.40. The molecule has 1 aliphatic heterocycles. The summed E-state index contributed by atoms with van der Waals surface area (Å²) in [4.78, 5) is 65.4. The van der Waals surface area contributed by atoms with Gasteiger partial charge in [0.1, 0.15) is 0 Å². The number of rotatable bonds is 6. The summed E-state index contributed by atoms with van der Waals surface area (Å²) in [7, 11) is 0. The first kappa shape index (κ1) is 24.1. The minimum atomic E-state index is -1.17. The first-order chi connectivity index (χ1) is 17.8. The van der Waals surface area contributed by atoms with Crippen molar-refractivity contribution in [1.29, 1.82) is 0 Å². The van der Waals surface area contributed by atoms with Gasteiger partial charge in [-0.15, -0.1) is 0 Å². The van der Waals surface area contributed by atoms with E-state index in [-0.39, 0.29) is 45.4 Å². The number of hydrogen-bond donors (Lipinski definition) is 1. The van der Waals surface area contributed by atoms with Crippen molar-refractivity contribution >= 4 is 35.0 Å². The number of benzene rings is 3. The molecule has 0 spiro atoms. The lowest BCUT2D eigenvalue weighted by atomic mass is 9.83. The molecule has 3 aromatic rings. The summed E-state index contributed by atoms with van der Waals surface area (Å²) in [6, 6.07) is 18.0. The number of carbonyl (C=O) groups excluding carboxylic acids is 5. The molecule has 1 heterocycles. The molecule has 1 aliphatic carbocycles. The fraction of sp³-hybridized carbons (Fsp3) is 0.207. The third-order valence-corrected chi connectivity index (χ3v) is 6.57. The number of amides is 2. The summed E-state index contributed by atoms with van der Waals surface area (Å²) >= 11 is 0. The van der Waals surface area contributed by atoms with Crippen molar-refractivity contribution in [1.82, 2.24) is 4.90 Å². The van der Waals surface area contributed by atoms with E-state index >= 15 is 0 Å². The molecule has 8 nitrogen and oxygen atoms in total. The first-order valence-electron chi connectivity index (χ1n) is 12.0. The molecule has 1 atom stereocenters. The first-order valence-corrected chi connectivity index (χ1v) is 12.0. The van der Waals surface area contributed by atoms with E-state index in [9.17, 15) is 24.0 Å². The van der Waals surface area contributed by atoms with Crippen molar-refractivity contribution < 1.29 is 28.7 Å². The van der Waals surface area contributed by atoms with Crippen LogP contribution in [0.5, 0.6) is 0 Å². The fourth-order valence-corrected chi connectivity index (χ4v) is 4.65. The Morgan fingerprint density at radius 1 is 0.919 bits per heavy atom. The maximum absolute atomic E-state index is 13.2. The zero-order chi connectivity index (χ0) is 26.1. The number of nitrogens with one attached hydrogen (secondary N) is 1. The third kappa shape index (κ3) is 4.65. The Bertz CT molecular complexity index is 1460. The highest BCUT2D eigenvalue weighted by atomic mass is 16.5. The van der Waals surface area contributed by atoms with Gasteiger partial charge in [0.25, 0.3) is 5.91 Å². The van der Waals surface area contributed by atoms with Crippen molar-refractivity contribution in [2.75, 3.05) is 11.9 Å². The standard InChI is InChI=1S/C29H24N2O6/c1-17(37-29(36)19-8-4-7-18(15-19)16-31-14-6-13-24(31)32)28(35)30-23-12-5-11-22-25(23)27(34)21-10-3-2-9-20(21)26(22)33/h2-5,7-12,15,17H,6,13-14,16H2,1H3,(H,30,35). The predicted molar refractivity (Wildman–Crippen MR) is 134 cm³/mol. The van der Waals surface area contributed by atoms with Crippen LogP contribution in [-0.4, -0.2) is 46.9 Å². The normalized spacial score (nSPS) is 15.2. The third-order valence-electron chi connectivity index (χ3n) is 6.57. The molecular weight excluding hydrogens is 472 g/mol. The van der Waals surface area contributed by atoms with Crippen LogP contribution in [0.25, 0.3) is 0 Å². The predicted octanol–water partition coefficient (Wildman–Crippen LogP) is 3.77. The van der Waals surface area contributed by atoms with Gasteiger partial charge in [-0.05, 0) is 37.1 Å². The average molecular weight is 497 g/mol. The topological polar surface area (TPSA) is 110 Å². The van der Waals surface area contributed by atoms with E-state index < -0.39 is 18.0 Å². The van der Waals surface area contributed by atoms with Gasteiger partial charge in [-0.25, -0.2) is 4.79 Å². The summed E-state index contributed by atoms with van der Waals surface area (Å²) in [6.07, 6.45) is 0.184. The SMILES string of the molecule is CC(OC(=O)c1cccc(CN2CCCC2=O)c1)C(=O)Nc1cccc2c1C(=O)c1ccccc1C2=O. The van der Waals surface area contributed by atoms with Crippen molar-refractivity contribution in [2.24, 2.45) is 0 Å². The van der Waals surface area contributed by atoms with Gasteiger partial charge in [-0.3, -0.25) is 19.2 Å². The highest BCUT2D eigenvalue weighted by molar-refractivity contribution is 6.30. The number of carbonyl (C=O) groups is 5. The molecule has 37 heavy (non-hydrogen) atoms. The molecule has 2 aliphatic rings. The molecule has 5 rings (SSSR count). The molecule has 1 N–H and O–H groups in total. The largest absolute Gasteiger partial charge is 0.449 e. The second kappa shape index (κ2) is 9.81. The minimum absolute atomic E-state index is 0.0880. The Hall–Kier alpha value is -4.59. The summed E-state index contributed by atoms with van der Waals surface area (Å²) in [5.74, 6) is -1.90. The molecule has 0 bridgehead atoms. The molecule has 3 aromatic carbocycles. The minimum Gasteiger partial charge on any atom is -0.449 e. The number of nitrogens with zero attached hydrogens (tertiary/aromatic N) is 1. The smallest absolute Gasteiger partial charge is 0.338 e. The van der Waals surface area contributed by atoms with Gasteiger partial charge in [0.15, 0.2) is 17.7 Å². The van der Waals surface area contributed by atoms with Crippen LogP contribution in [0.4, 0.5) is 5.69 Å². The monoisotopic (exact) mass is 496 g/mol. The van der Waals surface area contributed by atoms with Crippen LogP contribution in [0.15, 0.2) is 66.7 Å². The van der Waals surface area contributed by atoms with Crippen LogP contribution in [0.3, 0.4) is 0 Å². The molecular formula is C29H24N2O6. The number of fused-ring (bicyclic) bond motifs is 2. The maximum Gasteiger partial charge on any atom is 0.338 e. The van der Waals surface area contributed by atoms with Gasteiger partial charge >= 0.3 is 5.97 Å². The van der Waals surface area contributed by atoms with E-state index in [1.165, 1.54) is 13.0 Å². The zero-order valence-electron chi connectivity index (χ0n) is 20.2. The van der Waals surface area contributed by atoms with Crippen molar-refractivity contribution in [3.05, 3.63) is 100 Å². The second-order valence-electron chi connectivity index (χ2n) is 9.09. The van der Waals surface area contributed by atoms with Gasteiger partial charge in [-0.1, -0.05) is 48.5 Å². The lowest BCUT2D eigenvalue weighted by Crippen LogP contribution is -2.31. The molecule has 0 saturated carbocycles. The van der Waals surface area contributed by atoms with E-state index in [1.54, 1.807) is 59.5 Å². The molecule has 0 radical (unpaired) electrons. The van der Waals surface area contributed by atoms with Crippen molar-refractivity contribution in [2.45, 2.75) is 32.4 Å². The molecule has 8 heteroatoms. The molecule has 186 valence electrons. The number of likely N-dealkylation sites (tertiary alicyclic amines) is 1. The number of hydrogen-bond acceptors (Lipinski definition) is 6. The van der Waals surface area contributed by atoms with E-state index in [1.807, 2.05) is 6.07 Å². The quantitative estimate of drug-likeness (QED) is 0.407. The summed E-state index contributed by atoms with van der Waals surface area (Å²) in [6.45, 7) is 2.52. The number of anilines is 1. The molecule has 1 fully saturated rings. The average Bonchev–Trinajstić information content (AvgIpc) is 3.31. The summed E-state index contributed by atoms with van der Waals surface area (Å²) in [5, 5.41) is 2.64. The number of esters is 1. The van der Waals surface area contributed by atoms with E-state index in [0.29, 0.717) is 25.1 Å². The van der Waals surface area contributed by atoms with E-state index in [2.05, 4.69) is 5.32 Å². The highest BCUT2D eigenvalue weighted by Gasteiger charge is 2.32. The van der Waals surface area contributed by atoms with Gasteiger partial charge in [0, 0.05) is 36.2 Å². The van der Waals surface area contributed by atoms with Gasteiger partial charge < -0.3 is 15.0 Å². The maximum atomic E-state index is 13.2. The van der Waals surface area contributed by atoms with Crippen LogP contribution >= 0.6 is 0 Å². The second-order valence-corrected chi connectivity index (χ2v) is 9.09. The van der Waals surface area contributed by atoms with Gasteiger partial charge in [0.2, 0.25) is 5.91 Å². The Morgan fingerprint density at radius 3 is 2.35 bits per heavy atom. The Morgan fingerprint density at radius 2 is 1.62 bits per heavy atom. The Labute approximate surface area is 213 Å². The van der Waals surface area contributed by atoms with Gasteiger partial charge in [0.05, 0.1) is 16.8 Å². The van der Waals surface area contributed by atoms with Crippen LogP contribution in [0, 0.1) is 0 Å².